The molecule has 4 rings (SSSR count). The van der Waals surface area contributed by atoms with E-state index in [-0.39, 0.29) is 0 Å². The molecule has 0 aromatic heterocycles. The molecular weight excluding hydrogens is 612 g/mol. The van der Waals surface area contributed by atoms with Gasteiger partial charge in [0.05, 0.1) is 0 Å². The maximum Gasteiger partial charge on any atom is 0.101 e. The summed E-state index contributed by atoms with van der Waals surface area (Å²) in [6.45, 7) is 4.21. The Bertz CT molecular complexity index is 991. The molecule has 0 aliphatic carbocycles. The van der Waals surface area contributed by atoms with E-state index in [4.69, 9.17) is 14.3 Å². The average molecular weight is 644 g/mol. The molecule has 0 bridgehead atoms. The van der Waals surface area contributed by atoms with Crippen LogP contribution in [0.1, 0.15) is 22.3 Å². The van der Waals surface area contributed by atoms with Crippen molar-refractivity contribution in [2.75, 3.05) is 0 Å². The Morgan fingerprint density at radius 3 is 0.771 bits per heavy atom. The Balaban J connectivity index is 0.000000208. The number of benzene rings is 4. The number of quaternary nitrogens is 2. The zero-order valence-corrected chi connectivity index (χ0v) is 22.5. The van der Waals surface area contributed by atoms with E-state index >= 15 is 0 Å². The van der Waals surface area contributed by atoms with Gasteiger partial charge in [0.25, 0.3) is 0 Å². The van der Waals surface area contributed by atoms with Crippen molar-refractivity contribution in [2.24, 2.45) is 0 Å². The summed E-state index contributed by atoms with van der Waals surface area (Å²) in [4.78, 5) is 0. The number of nitrogens with two attached hydrogens (primary N) is 2. The predicted octanol–water partition coefficient (Wildman–Crippen LogP) is 1.28. The Hall–Kier alpha value is -2.99. The van der Waals surface area contributed by atoms with Gasteiger partial charge in [-0.3, -0.25) is 0 Å². The van der Waals surface area contributed by atoms with Crippen molar-refractivity contribution in [3.05, 3.63) is 144 Å². The Morgan fingerprint density at radius 1 is 0.429 bits per heavy atom. The largest absolute Gasteiger partial charge is 0.339 e. The molecule has 35 heavy (non-hydrogen) atoms. The van der Waals surface area contributed by atoms with Crippen molar-refractivity contribution in [3.8, 4) is 0 Å². The second kappa shape index (κ2) is 16.6. The molecule has 0 unspecified atom stereocenters. The number of rotatable bonds is 8. The van der Waals surface area contributed by atoms with Crippen LogP contribution in [0.4, 0.5) is 0 Å². The predicted molar refractivity (Wildman–Crippen MR) is 126 cm³/mol. The summed E-state index contributed by atoms with van der Waals surface area (Å²) in [5, 5.41) is 4.65. The van der Waals surface area contributed by atoms with Crippen molar-refractivity contribution in [1.82, 2.24) is 0 Å². The van der Waals surface area contributed by atoms with Crippen molar-refractivity contribution in [1.29, 1.82) is 0 Å². The zero-order valence-electron chi connectivity index (χ0n) is 19.6. The third-order valence-electron chi connectivity index (χ3n) is 4.89. The van der Waals surface area contributed by atoms with Crippen LogP contribution in [0.15, 0.2) is 121 Å². The minimum absolute atomic E-state index is 1.05. The van der Waals surface area contributed by atoms with Gasteiger partial charge in [0, 0.05) is 22.3 Å². The summed E-state index contributed by atoms with van der Waals surface area (Å²) in [5.41, 5.74) is 5.53. The molecule has 0 saturated carbocycles. The fourth-order valence-electron chi connectivity index (χ4n) is 3.27. The summed E-state index contributed by atoms with van der Waals surface area (Å²) in [5.74, 6) is 0. The third-order valence-corrected chi connectivity index (χ3v) is 4.89. The summed E-state index contributed by atoms with van der Waals surface area (Å²) < 4.78 is 34.6. The van der Waals surface area contributed by atoms with Gasteiger partial charge in [-0.05, 0) is 0 Å². The quantitative estimate of drug-likeness (QED) is 0.301. The van der Waals surface area contributed by atoms with Crippen LogP contribution < -0.4 is 18.2 Å². The molecule has 0 heterocycles. The van der Waals surface area contributed by atoms with E-state index in [1.807, 2.05) is 0 Å². The van der Waals surface area contributed by atoms with Gasteiger partial charge in [-0.2, -0.15) is 0 Å². The van der Waals surface area contributed by atoms with Gasteiger partial charge in [-0.1, -0.05) is 121 Å². The van der Waals surface area contributed by atoms with Crippen molar-refractivity contribution >= 4 is 0 Å². The SMILES string of the molecule is [O]=[W](=[O])([O-])[O-].c1ccc(C[NH2+]Cc2ccccc2)cc1.c1ccc(C[NH2+]Cc2ccccc2)cc1. The second-order valence-corrected chi connectivity index (χ2v) is 10.7. The monoisotopic (exact) mass is 644 g/mol. The van der Waals surface area contributed by atoms with Gasteiger partial charge in [0.2, 0.25) is 0 Å². The number of hydrogen-bond acceptors (Lipinski definition) is 4. The summed E-state index contributed by atoms with van der Waals surface area (Å²) in [6.07, 6.45) is 0. The van der Waals surface area contributed by atoms with Crippen LogP contribution in [-0.4, -0.2) is 0 Å². The molecule has 7 heteroatoms. The molecule has 0 aliphatic heterocycles. The molecule has 4 aromatic rings. The van der Waals surface area contributed by atoms with Crippen LogP contribution >= 0.6 is 0 Å². The molecule has 6 nitrogen and oxygen atoms in total. The molecule has 0 radical (unpaired) electrons. The van der Waals surface area contributed by atoms with Gasteiger partial charge in [-0.15, -0.1) is 0 Å². The first-order valence-electron chi connectivity index (χ1n) is 11.4. The van der Waals surface area contributed by atoms with Gasteiger partial charge in [0.1, 0.15) is 26.2 Å². The van der Waals surface area contributed by atoms with E-state index in [2.05, 4.69) is 132 Å². The Kier molecular flexibility index (Phi) is 13.4. The molecule has 4 aromatic carbocycles. The van der Waals surface area contributed by atoms with E-state index in [1.165, 1.54) is 22.3 Å². The topological polar surface area (TPSA) is 113 Å². The summed E-state index contributed by atoms with van der Waals surface area (Å²) in [7, 11) is 0. The standard InChI is InChI=1S/2C14H15N.4O.W/c2*1-3-7-13(8-4-1)11-15-12-14-9-5-2-6-10-14;;;;;/h2*1-10,15H,11-12H2;;;;;/q;;;;2*-1;/p+2. The minimum atomic E-state index is -6.17. The number of hydrogen-bond donors (Lipinski definition) is 2. The first kappa shape index (κ1) is 28.2. The van der Waals surface area contributed by atoms with Crippen molar-refractivity contribution in [3.63, 3.8) is 0 Å². The van der Waals surface area contributed by atoms with Crippen LogP contribution in [0, 0.1) is 0 Å². The Labute approximate surface area is 211 Å². The second-order valence-electron chi connectivity index (χ2n) is 7.74. The molecule has 0 aliphatic rings. The average Bonchev–Trinajstić information content (AvgIpc) is 2.86. The van der Waals surface area contributed by atoms with E-state index in [0.29, 0.717) is 0 Å². The van der Waals surface area contributed by atoms with Gasteiger partial charge in [-0.25, -0.2) is 0 Å². The molecule has 184 valence electrons. The maximum atomic E-state index is 8.65. The molecular formula is C28H32N2O4W. The van der Waals surface area contributed by atoms with Crippen LogP contribution in [0.2, 0.25) is 0 Å². The van der Waals surface area contributed by atoms with Crippen LogP contribution in [-0.2, 0) is 49.7 Å². The van der Waals surface area contributed by atoms with E-state index in [0.717, 1.165) is 26.2 Å². The molecule has 0 spiro atoms. The summed E-state index contributed by atoms with van der Waals surface area (Å²) >= 11 is -6.17. The van der Waals surface area contributed by atoms with Crippen LogP contribution in [0.3, 0.4) is 0 Å². The fraction of sp³-hybridized carbons (Fsp3) is 0.143. The smallest absolute Gasteiger partial charge is 0.101 e. The van der Waals surface area contributed by atoms with Crippen molar-refractivity contribution in [2.45, 2.75) is 26.2 Å². The third kappa shape index (κ3) is 15.5. The molecule has 4 N–H and O–H groups in total. The Morgan fingerprint density at radius 2 is 0.600 bits per heavy atom. The van der Waals surface area contributed by atoms with Gasteiger partial charge in [0.15, 0.2) is 0 Å². The van der Waals surface area contributed by atoms with Gasteiger partial charge >= 0.3 is 31.1 Å². The zero-order chi connectivity index (χ0) is 25.2. The van der Waals surface area contributed by atoms with E-state index in [1.54, 1.807) is 0 Å². The van der Waals surface area contributed by atoms with Gasteiger partial charge < -0.3 is 10.6 Å². The minimum Gasteiger partial charge on any atom is -0.339 e. The molecule has 0 atom stereocenters. The summed E-state index contributed by atoms with van der Waals surface area (Å²) in [6, 6.07) is 42.3. The first-order chi connectivity index (χ1) is 16.9. The maximum absolute atomic E-state index is 8.65. The normalized spacial score (nSPS) is 10.3. The van der Waals surface area contributed by atoms with Crippen LogP contribution in [0.25, 0.3) is 0 Å². The first-order valence-corrected chi connectivity index (χ1v) is 16.1. The van der Waals surface area contributed by atoms with Crippen molar-refractivity contribution < 1.29 is 41.7 Å². The van der Waals surface area contributed by atoms with E-state index in [9.17, 15) is 0 Å². The van der Waals surface area contributed by atoms with Crippen LogP contribution in [0.5, 0.6) is 0 Å². The fourth-order valence-corrected chi connectivity index (χ4v) is 3.27. The molecule has 0 saturated heterocycles. The van der Waals surface area contributed by atoms with E-state index < -0.39 is 16.7 Å². The molecule has 0 fully saturated rings. The molecule has 0 amide bonds.